The SMILES string of the molecule is NNC(=O)c1ccc(COc2cc(Cl)c(Cl)cc2Cl)s1. The third-order valence-electron chi connectivity index (χ3n) is 2.36. The topological polar surface area (TPSA) is 64.3 Å². The Morgan fingerprint density at radius 1 is 1.20 bits per heavy atom. The van der Waals surface area contributed by atoms with Gasteiger partial charge in [0, 0.05) is 10.9 Å². The van der Waals surface area contributed by atoms with Crippen LogP contribution in [0.15, 0.2) is 24.3 Å². The summed E-state index contributed by atoms with van der Waals surface area (Å²) < 4.78 is 5.56. The third kappa shape index (κ3) is 3.56. The summed E-state index contributed by atoms with van der Waals surface area (Å²) in [7, 11) is 0. The van der Waals surface area contributed by atoms with E-state index in [-0.39, 0.29) is 12.5 Å². The molecule has 3 N–H and O–H groups in total. The van der Waals surface area contributed by atoms with Crippen molar-refractivity contribution in [1.82, 2.24) is 5.43 Å². The fraction of sp³-hybridized carbons (Fsp3) is 0.0833. The van der Waals surface area contributed by atoms with Gasteiger partial charge in [-0.3, -0.25) is 10.2 Å². The summed E-state index contributed by atoms with van der Waals surface area (Å²) in [5.74, 6) is 5.15. The van der Waals surface area contributed by atoms with Crippen molar-refractivity contribution < 1.29 is 9.53 Å². The number of rotatable bonds is 4. The van der Waals surface area contributed by atoms with Crippen LogP contribution in [0.3, 0.4) is 0 Å². The molecule has 1 amide bonds. The summed E-state index contributed by atoms with van der Waals surface area (Å²) in [5, 5.41) is 1.10. The Hall–Kier alpha value is -0.980. The molecule has 0 saturated carbocycles. The molecule has 0 aliphatic carbocycles. The number of hydrogen-bond donors (Lipinski definition) is 2. The number of hydrogen-bond acceptors (Lipinski definition) is 4. The minimum absolute atomic E-state index is 0.264. The summed E-state index contributed by atoms with van der Waals surface area (Å²) in [5.41, 5.74) is 2.07. The van der Waals surface area contributed by atoms with Crippen molar-refractivity contribution in [3.8, 4) is 5.75 Å². The molecule has 2 rings (SSSR count). The third-order valence-corrected chi connectivity index (χ3v) is 4.44. The second-order valence-electron chi connectivity index (χ2n) is 3.72. The van der Waals surface area contributed by atoms with E-state index in [1.165, 1.54) is 17.4 Å². The van der Waals surface area contributed by atoms with E-state index in [0.29, 0.717) is 25.7 Å². The number of nitrogens with one attached hydrogen (secondary N) is 1. The summed E-state index contributed by atoms with van der Waals surface area (Å²) in [6.07, 6.45) is 0. The molecule has 8 heteroatoms. The number of nitrogens with two attached hydrogens (primary N) is 1. The number of benzene rings is 1. The Kier molecular flexibility index (Phi) is 5.12. The maximum atomic E-state index is 11.3. The van der Waals surface area contributed by atoms with Crippen molar-refractivity contribution in [1.29, 1.82) is 0 Å². The fourth-order valence-corrected chi connectivity index (χ4v) is 2.83. The molecule has 4 nitrogen and oxygen atoms in total. The highest BCUT2D eigenvalue weighted by atomic mass is 35.5. The van der Waals surface area contributed by atoms with Crippen LogP contribution in [-0.4, -0.2) is 5.91 Å². The van der Waals surface area contributed by atoms with Crippen LogP contribution in [0.2, 0.25) is 15.1 Å². The van der Waals surface area contributed by atoms with Crippen LogP contribution in [0.1, 0.15) is 14.5 Å². The number of hydrazine groups is 1. The zero-order valence-corrected chi connectivity index (χ0v) is 13.0. The molecule has 1 heterocycles. The molecule has 0 aliphatic rings. The van der Waals surface area contributed by atoms with Crippen molar-refractivity contribution in [3.63, 3.8) is 0 Å². The van der Waals surface area contributed by atoms with Crippen LogP contribution >= 0.6 is 46.1 Å². The number of amides is 1. The zero-order valence-electron chi connectivity index (χ0n) is 9.95. The normalized spacial score (nSPS) is 10.4. The maximum absolute atomic E-state index is 11.3. The predicted octanol–water partition coefficient (Wildman–Crippen LogP) is 3.89. The number of carbonyl (C=O) groups is 1. The first-order valence-electron chi connectivity index (χ1n) is 5.38. The smallest absolute Gasteiger partial charge is 0.275 e. The van der Waals surface area contributed by atoms with Crippen LogP contribution in [0, 0.1) is 0 Å². The lowest BCUT2D eigenvalue weighted by Gasteiger charge is -2.08. The van der Waals surface area contributed by atoms with Crippen LogP contribution in [-0.2, 0) is 6.61 Å². The molecule has 0 radical (unpaired) electrons. The molecule has 0 aliphatic heterocycles. The van der Waals surface area contributed by atoms with E-state index < -0.39 is 0 Å². The molecular weight excluding hydrogens is 343 g/mol. The van der Waals surface area contributed by atoms with E-state index in [1.54, 1.807) is 18.2 Å². The van der Waals surface area contributed by atoms with Gasteiger partial charge in [0.25, 0.3) is 5.91 Å². The van der Waals surface area contributed by atoms with E-state index in [0.717, 1.165) is 4.88 Å². The molecule has 20 heavy (non-hydrogen) atoms. The highest BCUT2D eigenvalue weighted by Gasteiger charge is 2.10. The van der Waals surface area contributed by atoms with Crippen LogP contribution in [0.25, 0.3) is 0 Å². The monoisotopic (exact) mass is 350 g/mol. The number of ether oxygens (including phenoxy) is 1. The second-order valence-corrected chi connectivity index (χ2v) is 6.11. The highest BCUT2D eigenvalue weighted by Crippen LogP contribution is 2.34. The molecule has 0 fully saturated rings. The van der Waals surface area contributed by atoms with Crippen molar-refractivity contribution in [2.45, 2.75) is 6.61 Å². The molecule has 0 unspecified atom stereocenters. The van der Waals surface area contributed by atoms with Crippen LogP contribution in [0.5, 0.6) is 5.75 Å². The Bertz CT molecular complexity index is 646. The van der Waals surface area contributed by atoms with E-state index in [9.17, 15) is 4.79 Å². The summed E-state index contributed by atoms with van der Waals surface area (Å²) in [6.45, 7) is 0.264. The molecule has 0 spiro atoms. The number of carbonyl (C=O) groups excluding carboxylic acids is 1. The van der Waals surface area contributed by atoms with Crippen LogP contribution < -0.4 is 16.0 Å². The minimum atomic E-state index is -0.339. The van der Waals surface area contributed by atoms with E-state index in [1.807, 2.05) is 0 Å². The average Bonchev–Trinajstić information content (AvgIpc) is 2.89. The van der Waals surface area contributed by atoms with Gasteiger partial charge in [-0.05, 0) is 18.2 Å². The predicted molar refractivity (Wildman–Crippen MR) is 81.8 cm³/mol. The molecule has 1 aromatic heterocycles. The van der Waals surface area contributed by atoms with Gasteiger partial charge in [0.05, 0.1) is 19.9 Å². The van der Waals surface area contributed by atoms with Crippen molar-refractivity contribution >= 4 is 52.0 Å². The lowest BCUT2D eigenvalue weighted by atomic mass is 10.3. The Morgan fingerprint density at radius 2 is 1.90 bits per heavy atom. The molecule has 2 aromatic rings. The van der Waals surface area contributed by atoms with Crippen molar-refractivity contribution in [2.75, 3.05) is 0 Å². The number of nitrogen functional groups attached to an aromatic ring is 1. The first-order valence-corrected chi connectivity index (χ1v) is 7.33. The largest absolute Gasteiger partial charge is 0.486 e. The molecular formula is C12H9Cl3N2O2S. The van der Waals surface area contributed by atoms with Gasteiger partial charge < -0.3 is 4.74 Å². The Balaban J connectivity index is 2.07. The number of thiophene rings is 1. The van der Waals surface area contributed by atoms with Gasteiger partial charge in [-0.2, -0.15) is 0 Å². The molecule has 0 saturated heterocycles. The highest BCUT2D eigenvalue weighted by molar-refractivity contribution is 7.14. The van der Waals surface area contributed by atoms with Gasteiger partial charge in [0.2, 0.25) is 0 Å². The molecule has 0 atom stereocenters. The lowest BCUT2D eigenvalue weighted by Crippen LogP contribution is -2.29. The zero-order chi connectivity index (χ0) is 14.7. The summed E-state index contributed by atoms with van der Waals surface area (Å²) in [6, 6.07) is 6.51. The lowest BCUT2D eigenvalue weighted by molar-refractivity contribution is 0.0957. The molecule has 1 aromatic carbocycles. The van der Waals surface area contributed by atoms with Gasteiger partial charge in [0.1, 0.15) is 12.4 Å². The van der Waals surface area contributed by atoms with Gasteiger partial charge in [-0.25, -0.2) is 5.84 Å². The van der Waals surface area contributed by atoms with Gasteiger partial charge >= 0.3 is 0 Å². The number of halogens is 3. The first-order chi connectivity index (χ1) is 9.51. The Morgan fingerprint density at radius 3 is 2.60 bits per heavy atom. The summed E-state index contributed by atoms with van der Waals surface area (Å²) in [4.78, 5) is 12.7. The van der Waals surface area contributed by atoms with Crippen molar-refractivity contribution in [2.24, 2.45) is 5.84 Å². The van der Waals surface area contributed by atoms with Crippen molar-refractivity contribution in [3.05, 3.63) is 49.1 Å². The van der Waals surface area contributed by atoms with E-state index in [2.05, 4.69) is 5.43 Å². The average molecular weight is 352 g/mol. The van der Waals surface area contributed by atoms with Gasteiger partial charge in [0.15, 0.2) is 0 Å². The molecule has 0 bridgehead atoms. The minimum Gasteiger partial charge on any atom is -0.486 e. The quantitative estimate of drug-likeness (QED) is 0.380. The van der Waals surface area contributed by atoms with Gasteiger partial charge in [-0.15, -0.1) is 11.3 Å². The van der Waals surface area contributed by atoms with Crippen LogP contribution in [0.4, 0.5) is 0 Å². The fourth-order valence-electron chi connectivity index (χ4n) is 1.41. The second kappa shape index (κ2) is 6.65. The first kappa shape index (κ1) is 15.4. The van der Waals surface area contributed by atoms with E-state index >= 15 is 0 Å². The maximum Gasteiger partial charge on any atom is 0.275 e. The molecule has 106 valence electrons. The van der Waals surface area contributed by atoms with Gasteiger partial charge in [-0.1, -0.05) is 34.8 Å². The standard InChI is InChI=1S/C12H9Cl3N2O2S/c13-7-3-9(15)10(4-8(7)14)19-5-6-1-2-11(20-6)12(18)17-16/h1-4H,5,16H2,(H,17,18). The Labute approximate surface area is 134 Å². The summed E-state index contributed by atoms with van der Waals surface area (Å²) >= 11 is 19.0. The van der Waals surface area contributed by atoms with E-state index in [4.69, 9.17) is 45.4 Å².